The highest BCUT2D eigenvalue weighted by molar-refractivity contribution is 5.86. The summed E-state index contributed by atoms with van der Waals surface area (Å²) in [6, 6.07) is -0.681. The summed E-state index contributed by atoms with van der Waals surface area (Å²) in [5.41, 5.74) is 4.00. The Morgan fingerprint density at radius 1 is 1.06 bits per heavy atom. The monoisotopic (exact) mass is 259 g/mol. The van der Waals surface area contributed by atoms with Crippen LogP contribution in [0, 0.1) is 5.41 Å². The number of nitrogens with one attached hydrogen (secondary N) is 3. The van der Waals surface area contributed by atoms with Crippen molar-refractivity contribution in [3.8, 4) is 0 Å². The van der Waals surface area contributed by atoms with E-state index in [1.807, 2.05) is 20.8 Å². The molecule has 0 saturated carbocycles. The van der Waals surface area contributed by atoms with Gasteiger partial charge in [0.1, 0.15) is 11.6 Å². The summed E-state index contributed by atoms with van der Waals surface area (Å²) in [6.07, 6.45) is -0.603. The lowest BCUT2D eigenvalue weighted by molar-refractivity contribution is -0.126. The fourth-order valence-electron chi connectivity index (χ4n) is 1.30. The second-order valence-corrected chi connectivity index (χ2v) is 6.18. The average Bonchev–Trinajstić information content (AvgIpc) is 2.09. The first-order valence-electron chi connectivity index (χ1n) is 5.93. The van der Waals surface area contributed by atoms with Gasteiger partial charge in [-0.15, -0.1) is 0 Å². The SMILES string of the molecule is CNNC(=O)C(NC(=O)OC(C)(C)C)C(C)(C)C. The topological polar surface area (TPSA) is 79.5 Å². The van der Waals surface area contributed by atoms with Gasteiger partial charge in [0.25, 0.3) is 5.91 Å². The summed E-state index contributed by atoms with van der Waals surface area (Å²) in [7, 11) is 1.59. The zero-order valence-electron chi connectivity index (χ0n) is 12.3. The smallest absolute Gasteiger partial charge is 0.408 e. The lowest BCUT2D eigenvalue weighted by Crippen LogP contribution is -2.56. The van der Waals surface area contributed by atoms with Crippen molar-refractivity contribution in [2.45, 2.75) is 53.2 Å². The highest BCUT2D eigenvalue weighted by Crippen LogP contribution is 2.20. The maximum atomic E-state index is 11.8. The minimum absolute atomic E-state index is 0.309. The predicted molar refractivity (Wildman–Crippen MR) is 69.8 cm³/mol. The molecule has 0 spiro atoms. The standard InChI is InChI=1S/C12H25N3O3/c1-11(2,3)8(9(16)15-13-7)14-10(17)18-12(4,5)6/h8,13H,1-7H3,(H,14,17)(H,15,16). The first-order valence-corrected chi connectivity index (χ1v) is 5.93. The van der Waals surface area contributed by atoms with Crippen molar-refractivity contribution in [3.63, 3.8) is 0 Å². The molecule has 1 unspecified atom stereocenters. The van der Waals surface area contributed by atoms with Crippen molar-refractivity contribution >= 4 is 12.0 Å². The van der Waals surface area contributed by atoms with E-state index in [0.717, 1.165) is 0 Å². The van der Waals surface area contributed by atoms with Crippen LogP contribution in [-0.2, 0) is 9.53 Å². The normalized spacial score (nSPS) is 13.7. The maximum absolute atomic E-state index is 11.8. The van der Waals surface area contributed by atoms with E-state index in [2.05, 4.69) is 16.2 Å². The lowest BCUT2D eigenvalue weighted by Gasteiger charge is -2.31. The Balaban J connectivity index is 4.72. The van der Waals surface area contributed by atoms with Crippen LogP contribution in [0.15, 0.2) is 0 Å². The third-order valence-electron chi connectivity index (χ3n) is 2.04. The van der Waals surface area contributed by atoms with Gasteiger partial charge in [-0.05, 0) is 26.2 Å². The molecule has 0 saturated heterocycles. The fourth-order valence-corrected chi connectivity index (χ4v) is 1.30. The molecule has 0 heterocycles. The quantitative estimate of drug-likeness (QED) is 0.665. The van der Waals surface area contributed by atoms with Crippen LogP contribution in [0.25, 0.3) is 0 Å². The molecule has 0 aromatic rings. The van der Waals surface area contributed by atoms with Crippen molar-refractivity contribution in [2.24, 2.45) is 5.41 Å². The van der Waals surface area contributed by atoms with E-state index in [4.69, 9.17) is 4.74 Å². The first kappa shape index (κ1) is 16.7. The second-order valence-electron chi connectivity index (χ2n) is 6.18. The molecular weight excluding hydrogens is 234 g/mol. The molecule has 0 rings (SSSR count). The van der Waals surface area contributed by atoms with E-state index in [1.165, 1.54) is 0 Å². The van der Waals surface area contributed by atoms with Crippen LogP contribution in [0.4, 0.5) is 4.79 Å². The maximum Gasteiger partial charge on any atom is 0.408 e. The van der Waals surface area contributed by atoms with Crippen LogP contribution >= 0.6 is 0 Å². The molecular formula is C12H25N3O3. The predicted octanol–water partition coefficient (Wildman–Crippen LogP) is 1.18. The summed E-state index contributed by atoms with van der Waals surface area (Å²) >= 11 is 0. The molecule has 2 amide bonds. The van der Waals surface area contributed by atoms with Crippen molar-refractivity contribution in [1.82, 2.24) is 16.2 Å². The lowest BCUT2D eigenvalue weighted by atomic mass is 9.86. The number of carbonyl (C=O) groups excluding carboxylic acids is 2. The van der Waals surface area contributed by atoms with Gasteiger partial charge in [0.2, 0.25) is 0 Å². The van der Waals surface area contributed by atoms with Gasteiger partial charge in [-0.3, -0.25) is 10.2 Å². The van der Waals surface area contributed by atoms with Gasteiger partial charge in [0, 0.05) is 7.05 Å². The molecule has 0 aromatic heterocycles. The summed E-state index contributed by atoms with van der Waals surface area (Å²) in [4.78, 5) is 23.5. The van der Waals surface area contributed by atoms with Crippen molar-refractivity contribution in [3.05, 3.63) is 0 Å². The minimum atomic E-state index is -0.681. The highest BCUT2D eigenvalue weighted by atomic mass is 16.6. The van der Waals surface area contributed by atoms with E-state index in [1.54, 1.807) is 27.8 Å². The third-order valence-corrected chi connectivity index (χ3v) is 2.04. The van der Waals surface area contributed by atoms with Crippen LogP contribution in [0.5, 0.6) is 0 Å². The zero-order valence-corrected chi connectivity index (χ0v) is 12.3. The van der Waals surface area contributed by atoms with Crippen LogP contribution in [-0.4, -0.2) is 30.7 Å². The Labute approximate surface area is 109 Å². The fraction of sp³-hybridized carbons (Fsp3) is 0.833. The molecule has 106 valence electrons. The Morgan fingerprint density at radius 3 is 1.89 bits per heavy atom. The number of hydrogen-bond acceptors (Lipinski definition) is 4. The first-order chi connectivity index (χ1) is 7.97. The molecule has 0 radical (unpaired) electrons. The molecule has 18 heavy (non-hydrogen) atoms. The zero-order chi connectivity index (χ0) is 14.6. The summed E-state index contributed by atoms with van der Waals surface area (Å²) in [6.45, 7) is 10.9. The molecule has 0 aliphatic heterocycles. The van der Waals surface area contributed by atoms with Crippen LogP contribution in [0.3, 0.4) is 0 Å². The highest BCUT2D eigenvalue weighted by Gasteiger charge is 2.33. The van der Waals surface area contributed by atoms with Gasteiger partial charge in [0.05, 0.1) is 0 Å². The average molecular weight is 259 g/mol. The molecule has 3 N–H and O–H groups in total. The molecule has 6 heteroatoms. The van der Waals surface area contributed by atoms with Crippen LogP contribution in [0.1, 0.15) is 41.5 Å². The molecule has 0 bridgehead atoms. The number of alkyl carbamates (subject to hydrolysis) is 1. The third kappa shape index (κ3) is 6.44. The van der Waals surface area contributed by atoms with Crippen LogP contribution < -0.4 is 16.2 Å². The van der Waals surface area contributed by atoms with Gasteiger partial charge >= 0.3 is 6.09 Å². The van der Waals surface area contributed by atoms with Crippen molar-refractivity contribution < 1.29 is 14.3 Å². The molecule has 0 aromatic carbocycles. The Morgan fingerprint density at radius 2 is 1.56 bits per heavy atom. The largest absolute Gasteiger partial charge is 0.444 e. The number of amides is 2. The Hall–Kier alpha value is -1.30. The van der Waals surface area contributed by atoms with Crippen molar-refractivity contribution in [1.29, 1.82) is 0 Å². The van der Waals surface area contributed by atoms with Gasteiger partial charge in [-0.2, -0.15) is 0 Å². The van der Waals surface area contributed by atoms with Gasteiger partial charge in [0.15, 0.2) is 0 Å². The Bertz CT molecular complexity index is 303. The van der Waals surface area contributed by atoms with E-state index < -0.39 is 23.2 Å². The molecule has 0 fully saturated rings. The summed E-state index contributed by atoms with van der Waals surface area (Å²) < 4.78 is 5.14. The number of ether oxygens (including phenoxy) is 1. The van der Waals surface area contributed by atoms with E-state index >= 15 is 0 Å². The number of hydrazine groups is 1. The van der Waals surface area contributed by atoms with Crippen molar-refractivity contribution in [2.75, 3.05) is 7.05 Å². The number of rotatable bonds is 3. The van der Waals surface area contributed by atoms with Crippen LogP contribution in [0.2, 0.25) is 0 Å². The molecule has 0 aliphatic rings. The van der Waals surface area contributed by atoms with Gasteiger partial charge in [-0.1, -0.05) is 20.8 Å². The van der Waals surface area contributed by atoms with E-state index in [-0.39, 0.29) is 5.91 Å². The minimum Gasteiger partial charge on any atom is -0.444 e. The number of hydrogen-bond donors (Lipinski definition) is 3. The van der Waals surface area contributed by atoms with Gasteiger partial charge < -0.3 is 10.1 Å². The Kier molecular flexibility index (Phi) is 5.60. The summed E-state index contributed by atoms with van der Waals surface area (Å²) in [5, 5.41) is 2.58. The molecule has 0 aliphatic carbocycles. The molecule has 6 nitrogen and oxygen atoms in total. The van der Waals surface area contributed by atoms with E-state index in [0.29, 0.717) is 0 Å². The number of carbonyl (C=O) groups is 2. The second kappa shape index (κ2) is 6.04. The van der Waals surface area contributed by atoms with Gasteiger partial charge in [-0.25, -0.2) is 10.2 Å². The van der Waals surface area contributed by atoms with E-state index in [9.17, 15) is 9.59 Å². The summed E-state index contributed by atoms with van der Waals surface area (Å²) in [5.74, 6) is -0.309. The molecule has 1 atom stereocenters.